The predicted molar refractivity (Wildman–Crippen MR) is 71.4 cm³/mol. The smallest absolute Gasteiger partial charge is 0.119 e. The van der Waals surface area contributed by atoms with Crippen LogP contribution >= 0.6 is 0 Å². The molecule has 0 aliphatic heterocycles. The monoisotopic (exact) mass is 233 g/mol. The van der Waals surface area contributed by atoms with Gasteiger partial charge in [0.25, 0.3) is 0 Å². The molecule has 1 aromatic carbocycles. The van der Waals surface area contributed by atoms with Crippen LogP contribution < -0.4 is 10.1 Å². The van der Waals surface area contributed by atoms with Gasteiger partial charge in [-0.15, -0.1) is 0 Å². The minimum atomic E-state index is 0.527. The van der Waals surface area contributed by atoms with Crippen LogP contribution in [0.2, 0.25) is 0 Å². The summed E-state index contributed by atoms with van der Waals surface area (Å²) >= 11 is 0. The van der Waals surface area contributed by atoms with E-state index in [1.807, 2.05) is 0 Å². The summed E-state index contributed by atoms with van der Waals surface area (Å²) in [4.78, 5) is 0. The Morgan fingerprint density at radius 1 is 1.29 bits per heavy atom. The summed E-state index contributed by atoms with van der Waals surface area (Å²) in [7, 11) is 2.05. The average Bonchev–Trinajstić information content (AvgIpc) is 3.17. The van der Waals surface area contributed by atoms with Gasteiger partial charge in [-0.2, -0.15) is 0 Å². The molecule has 94 valence electrons. The van der Waals surface area contributed by atoms with E-state index in [4.69, 9.17) is 4.74 Å². The van der Waals surface area contributed by atoms with Crippen molar-refractivity contribution in [3.63, 3.8) is 0 Å². The van der Waals surface area contributed by atoms with E-state index >= 15 is 0 Å². The van der Waals surface area contributed by atoms with Crippen molar-refractivity contribution in [2.45, 2.75) is 38.6 Å². The Morgan fingerprint density at radius 2 is 2.00 bits per heavy atom. The van der Waals surface area contributed by atoms with Gasteiger partial charge >= 0.3 is 0 Å². The second kappa shape index (κ2) is 6.06. The summed E-state index contributed by atoms with van der Waals surface area (Å²) in [5.41, 5.74) is 1.39. The normalized spacial score (nSPS) is 16.8. The summed E-state index contributed by atoms with van der Waals surface area (Å²) in [6.07, 6.45) is 5.03. The number of hydrogen-bond acceptors (Lipinski definition) is 2. The highest BCUT2D eigenvalue weighted by Crippen LogP contribution is 2.40. The minimum absolute atomic E-state index is 0.527. The molecule has 1 unspecified atom stereocenters. The first-order valence-corrected chi connectivity index (χ1v) is 6.75. The van der Waals surface area contributed by atoms with Crippen molar-refractivity contribution in [2.75, 3.05) is 13.7 Å². The third-order valence-electron chi connectivity index (χ3n) is 3.41. The van der Waals surface area contributed by atoms with E-state index in [2.05, 4.69) is 43.6 Å². The van der Waals surface area contributed by atoms with Crippen molar-refractivity contribution in [3.05, 3.63) is 29.8 Å². The van der Waals surface area contributed by atoms with Crippen molar-refractivity contribution in [3.8, 4) is 5.75 Å². The van der Waals surface area contributed by atoms with Crippen LogP contribution in [-0.2, 0) is 0 Å². The Labute approximate surface area is 104 Å². The largest absolute Gasteiger partial charge is 0.494 e. The van der Waals surface area contributed by atoms with Crippen molar-refractivity contribution in [1.82, 2.24) is 5.32 Å². The maximum Gasteiger partial charge on any atom is 0.119 e. The number of unbranched alkanes of at least 4 members (excludes halogenated alkanes) is 1. The molecule has 0 bridgehead atoms. The first kappa shape index (κ1) is 12.4. The average molecular weight is 233 g/mol. The van der Waals surface area contributed by atoms with E-state index in [1.54, 1.807) is 0 Å². The van der Waals surface area contributed by atoms with Crippen LogP contribution in [0.25, 0.3) is 0 Å². The first-order valence-electron chi connectivity index (χ1n) is 6.75. The molecule has 2 nitrogen and oxygen atoms in total. The third kappa shape index (κ3) is 3.47. The molecule has 2 rings (SSSR count). The van der Waals surface area contributed by atoms with Gasteiger partial charge < -0.3 is 10.1 Å². The molecule has 1 saturated carbocycles. The molecular formula is C15H23NO. The lowest BCUT2D eigenvalue weighted by molar-refractivity contribution is 0.309. The van der Waals surface area contributed by atoms with Crippen LogP contribution in [0.15, 0.2) is 24.3 Å². The lowest BCUT2D eigenvalue weighted by Gasteiger charge is -2.16. The molecule has 0 radical (unpaired) electrons. The summed E-state index contributed by atoms with van der Waals surface area (Å²) in [6.45, 7) is 3.01. The molecule has 1 aliphatic carbocycles. The Hall–Kier alpha value is -1.02. The minimum Gasteiger partial charge on any atom is -0.494 e. The van der Waals surface area contributed by atoms with Crippen LogP contribution in [0, 0.1) is 5.92 Å². The topological polar surface area (TPSA) is 21.3 Å². The molecule has 1 N–H and O–H groups in total. The highest BCUT2D eigenvalue weighted by molar-refractivity contribution is 5.30. The quantitative estimate of drug-likeness (QED) is 0.727. The maximum atomic E-state index is 5.67. The Balaban J connectivity index is 1.92. The highest BCUT2D eigenvalue weighted by atomic mass is 16.5. The molecule has 1 fully saturated rings. The lowest BCUT2D eigenvalue weighted by Crippen LogP contribution is -2.18. The van der Waals surface area contributed by atoms with Crippen molar-refractivity contribution >= 4 is 0 Å². The Bertz CT molecular complexity index is 329. The summed E-state index contributed by atoms with van der Waals surface area (Å²) in [5.74, 6) is 1.83. The van der Waals surface area contributed by atoms with Crippen LogP contribution in [0.3, 0.4) is 0 Å². The predicted octanol–water partition coefficient (Wildman–Crippen LogP) is 3.54. The van der Waals surface area contributed by atoms with Gasteiger partial charge in [0, 0.05) is 6.04 Å². The van der Waals surface area contributed by atoms with E-state index in [1.165, 1.54) is 24.8 Å². The third-order valence-corrected chi connectivity index (χ3v) is 3.41. The van der Waals surface area contributed by atoms with Crippen molar-refractivity contribution in [2.24, 2.45) is 5.92 Å². The van der Waals surface area contributed by atoms with Crippen LogP contribution in [0.1, 0.15) is 44.2 Å². The molecule has 0 saturated heterocycles. The molecule has 1 aromatic rings. The zero-order valence-electron chi connectivity index (χ0n) is 10.9. The van der Waals surface area contributed by atoms with Gasteiger partial charge in [0.05, 0.1) is 6.61 Å². The standard InChI is InChI=1S/C15H23NO/c1-3-4-11-17-14-9-7-13(8-10-14)15(16-2)12-5-6-12/h7-10,12,15-16H,3-6,11H2,1-2H3. The van der Waals surface area contributed by atoms with Crippen LogP contribution in [0.5, 0.6) is 5.75 Å². The van der Waals surface area contributed by atoms with E-state index in [0.717, 1.165) is 24.7 Å². The van der Waals surface area contributed by atoms with Gasteiger partial charge in [-0.25, -0.2) is 0 Å². The van der Waals surface area contributed by atoms with E-state index in [0.29, 0.717) is 6.04 Å². The summed E-state index contributed by atoms with van der Waals surface area (Å²) in [5, 5.41) is 3.41. The lowest BCUT2D eigenvalue weighted by atomic mass is 10.0. The van der Waals surface area contributed by atoms with Gasteiger partial charge in [0.2, 0.25) is 0 Å². The molecule has 17 heavy (non-hydrogen) atoms. The number of benzene rings is 1. The molecule has 1 aliphatic rings. The SMILES string of the molecule is CCCCOc1ccc(C(NC)C2CC2)cc1. The van der Waals surface area contributed by atoms with E-state index in [9.17, 15) is 0 Å². The fourth-order valence-corrected chi connectivity index (χ4v) is 2.21. The van der Waals surface area contributed by atoms with E-state index in [-0.39, 0.29) is 0 Å². The molecule has 0 heterocycles. The van der Waals surface area contributed by atoms with Crippen molar-refractivity contribution in [1.29, 1.82) is 0 Å². The molecule has 1 atom stereocenters. The van der Waals surface area contributed by atoms with Gasteiger partial charge in [0.15, 0.2) is 0 Å². The van der Waals surface area contributed by atoms with Gasteiger partial charge in [-0.3, -0.25) is 0 Å². The summed E-state index contributed by atoms with van der Waals surface area (Å²) < 4.78 is 5.67. The fraction of sp³-hybridized carbons (Fsp3) is 0.600. The first-order chi connectivity index (χ1) is 8.35. The molecule has 0 spiro atoms. The summed E-state index contributed by atoms with van der Waals surface area (Å²) in [6, 6.07) is 9.11. The maximum absolute atomic E-state index is 5.67. The van der Waals surface area contributed by atoms with Gasteiger partial charge in [-0.1, -0.05) is 25.5 Å². The van der Waals surface area contributed by atoms with E-state index < -0.39 is 0 Å². The molecular weight excluding hydrogens is 210 g/mol. The van der Waals surface area contributed by atoms with Gasteiger partial charge in [-0.05, 0) is 49.9 Å². The van der Waals surface area contributed by atoms with Gasteiger partial charge in [0.1, 0.15) is 5.75 Å². The molecule has 0 amide bonds. The Kier molecular flexibility index (Phi) is 4.43. The van der Waals surface area contributed by atoms with Crippen LogP contribution in [-0.4, -0.2) is 13.7 Å². The number of ether oxygens (including phenoxy) is 1. The van der Waals surface area contributed by atoms with Crippen LogP contribution in [0.4, 0.5) is 0 Å². The zero-order chi connectivity index (χ0) is 12.1. The second-order valence-corrected chi connectivity index (χ2v) is 4.87. The fourth-order valence-electron chi connectivity index (χ4n) is 2.21. The second-order valence-electron chi connectivity index (χ2n) is 4.87. The number of hydrogen-bond donors (Lipinski definition) is 1. The van der Waals surface area contributed by atoms with Crippen molar-refractivity contribution < 1.29 is 4.74 Å². The molecule has 2 heteroatoms. The number of nitrogens with one attached hydrogen (secondary N) is 1. The zero-order valence-corrected chi connectivity index (χ0v) is 10.9. The Morgan fingerprint density at radius 3 is 2.53 bits per heavy atom. The molecule has 0 aromatic heterocycles. The number of rotatable bonds is 7. The highest BCUT2D eigenvalue weighted by Gasteiger charge is 2.30.